The molecule has 2 N–H and O–H groups in total. The highest BCUT2D eigenvalue weighted by Crippen LogP contribution is 2.18. The molecule has 3 aromatic carbocycles. The Kier molecular flexibility index (Phi) is 6.63. The van der Waals surface area contributed by atoms with E-state index in [2.05, 4.69) is 10.6 Å². The number of rotatable bonds is 7. The van der Waals surface area contributed by atoms with Gasteiger partial charge in [-0.05, 0) is 67.4 Å². The fourth-order valence-corrected chi connectivity index (χ4v) is 2.83. The second kappa shape index (κ2) is 9.55. The van der Waals surface area contributed by atoms with Crippen LogP contribution in [0.4, 0.5) is 11.4 Å². The standard InChI is InChI=1S/C24H24N2O3/c1-3-22(29-21-11-7-8-17(2)16-21)24(28)26-20-14-12-19(13-15-20)25-23(27)18-9-5-4-6-10-18/h4-16,22H,3H2,1-2H3,(H,25,27)(H,26,28). The first-order valence-corrected chi connectivity index (χ1v) is 9.56. The van der Waals surface area contributed by atoms with Gasteiger partial charge in [0.15, 0.2) is 6.10 Å². The summed E-state index contributed by atoms with van der Waals surface area (Å²) < 4.78 is 5.83. The van der Waals surface area contributed by atoms with Crippen LogP contribution in [0, 0.1) is 6.92 Å². The van der Waals surface area contributed by atoms with Crippen molar-refractivity contribution in [3.05, 3.63) is 90.0 Å². The molecule has 0 saturated carbocycles. The van der Waals surface area contributed by atoms with Crippen molar-refractivity contribution in [2.75, 3.05) is 10.6 Å². The molecule has 0 aliphatic carbocycles. The average molecular weight is 388 g/mol. The minimum Gasteiger partial charge on any atom is -0.481 e. The number of hydrogen-bond donors (Lipinski definition) is 2. The Labute approximate surface area is 170 Å². The van der Waals surface area contributed by atoms with Gasteiger partial charge in [0.25, 0.3) is 11.8 Å². The van der Waals surface area contributed by atoms with Crippen LogP contribution in [0.2, 0.25) is 0 Å². The van der Waals surface area contributed by atoms with E-state index in [9.17, 15) is 9.59 Å². The molecule has 3 aromatic rings. The Morgan fingerprint density at radius 2 is 1.52 bits per heavy atom. The van der Waals surface area contributed by atoms with Crippen LogP contribution >= 0.6 is 0 Å². The molecule has 1 atom stereocenters. The highest BCUT2D eigenvalue weighted by molar-refractivity contribution is 6.04. The Balaban J connectivity index is 1.59. The predicted molar refractivity (Wildman–Crippen MR) is 115 cm³/mol. The van der Waals surface area contributed by atoms with Crippen LogP contribution in [-0.2, 0) is 4.79 Å². The molecule has 0 aromatic heterocycles. The van der Waals surface area contributed by atoms with E-state index in [1.54, 1.807) is 36.4 Å². The number of ether oxygens (including phenoxy) is 1. The lowest BCUT2D eigenvalue weighted by Crippen LogP contribution is -2.32. The van der Waals surface area contributed by atoms with Crippen molar-refractivity contribution in [2.45, 2.75) is 26.4 Å². The van der Waals surface area contributed by atoms with Gasteiger partial charge in [-0.25, -0.2) is 0 Å². The molecule has 0 radical (unpaired) electrons. The lowest BCUT2D eigenvalue weighted by molar-refractivity contribution is -0.122. The van der Waals surface area contributed by atoms with Gasteiger partial charge in [-0.2, -0.15) is 0 Å². The maximum atomic E-state index is 12.6. The predicted octanol–water partition coefficient (Wildman–Crippen LogP) is 5.04. The molecule has 0 saturated heterocycles. The van der Waals surface area contributed by atoms with Gasteiger partial charge in [0, 0.05) is 16.9 Å². The van der Waals surface area contributed by atoms with Crippen molar-refractivity contribution in [3.8, 4) is 5.75 Å². The molecule has 0 bridgehead atoms. The first-order chi connectivity index (χ1) is 14.0. The van der Waals surface area contributed by atoms with Gasteiger partial charge in [0.1, 0.15) is 5.75 Å². The van der Waals surface area contributed by atoms with E-state index in [4.69, 9.17) is 4.74 Å². The number of aryl methyl sites for hydroxylation is 1. The monoisotopic (exact) mass is 388 g/mol. The third-order valence-electron chi connectivity index (χ3n) is 4.38. The summed E-state index contributed by atoms with van der Waals surface area (Å²) in [5.74, 6) is 0.279. The van der Waals surface area contributed by atoms with Crippen molar-refractivity contribution in [1.82, 2.24) is 0 Å². The van der Waals surface area contributed by atoms with E-state index in [-0.39, 0.29) is 11.8 Å². The zero-order chi connectivity index (χ0) is 20.6. The smallest absolute Gasteiger partial charge is 0.265 e. The molecule has 0 fully saturated rings. The minimum atomic E-state index is -0.589. The Morgan fingerprint density at radius 3 is 2.14 bits per heavy atom. The van der Waals surface area contributed by atoms with E-state index >= 15 is 0 Å². The first-order valence-electron chi connectivity index (χ1n) is 9.56. The first kappa shape index (κ1) is 20.1. The van der Waals surface area contributed by atoms with Crippen molar-refractivity contribution < 1.29 is 14.3 Å². The van der Waals surface area contributed by atoms with E-state index < -0.39 is 6.10 Å². The molecule has 1 unspecified atom stereocenters. The summed E-state index contributed by atoms with van der Waals surface area (Å²) >= 11 is 0. The lowest BCUT2D eigenvalue weighted by Gasteiger charge is -2.17. The third kappa shape index (κ3) is 5.69. The van der Waals surface area contributed by atoms with E-state index in [1.165, 1.54) is 0 Å². The number of anilines is 2. The molecule has 5 nitrogen and oxygen atoms in total. The summed E-state index contributed by atoms with van der Waals surface area (Å²) in [6.45, 7) is 3.88. The molecule has 0 aliphatic heterocycles. The number of carbonyl (C=O) groups is 2. The Hall–Kier alpha value is -3.60. The fraction of sp³-hybridized carbons (Fsp3) is 0.167. The van der Waals surface area contributed by atoms with Gasteiger partial charge in [-0.15, -0.1) is 0 Å². The van der Waals surface area contributed by atoms with Crippen molar-refractivity contribution in [1.29, 1.82) is 0 Å². The number of carbonyl (C=O) groups excluding carboxylic acids is 2. The molecule has 148 valence electrons. The van der Waals surface area contributed by atoms with Crippen molar-refractivity contribution >= 4 is 23.2 Å². The van der Waals surface area contributed by atoms with Gasteiger partial charge in [-0.1, -0.05) is 37.3 Å². The van der Waals surface area contributed by atoms with Crippen molar-refractivity contribution in [3.63, 3.8) is 0 Å². The molecule has 0 spiro atoms. The topological polar surface area (TPSA) is 67.4 Å². The summed E-state index contributed by atoms with van der Waals surface area (Å²) in [6, 6.07) is 23.6. The third-order valence-corrected chi connectivity index (χ3v) is 4.38. The fourth-order valence-electron chi connectivity index (χ4n) is 2.83. The molecular weight excluding hydrogens is 364 g/mol. The summed E-state index contributed by atoms with van der Waals surface area (Å²) in [4.78, 5) is 24.8. The highest BCUT2D eigenvalue weighted by Gasteiger charge is 2.18. The summed E-state index contributed by atoms with van der Waals surface area (Å²) in [5, 5.41) is 5.70. The molecule has 3 rings (SSSR count). The number of benzene rings is 3. The largest absolute Gasteiger partial charge is 0.481 e. The number of hydrogen-bond acceptors (Lipinski definition) is 3. The summed E-state index contributed by atoms with van der Waals surface area (Å²) in [6.07, 6.45) is -0.0420. The normalized spacial score (nSPS) is 11.4. The van der Waals surface area contributed by atoms with Crippen LogP contribution in [0.15, 0.2) is 78.9 Å². The van der Waals surface area contributed by atoms with Crippen molar-refractivity contribution in [2.24, 2.45) is 0 Å². The van der Waals surface area contributed by atoms with Gasteiger partial charge in [0.05, 0.1) is 0 Å². The maximum absolute atomic E-state index is 12.6. The van der Waals surface area contributed by atoms with Crippen LogP contribution < -0.4 is 15.4 Å². The molecule has 29 heavy (non-hydrogen) atoms. The van der Waals surface area contributed by atoms with Crippen LogP contribution in [0.25, 0.3) is 0 Å². The van der Waals surface area contributed by atoms with Crippen LogP contribution in [0.1, 0.15) is 29.3 Å². The minimum absolute atomic E-state index is 0.181. The molecular formula is C24H24N2O3. The summed E-state index contributed by atoms with van der Waals surface area (Å²) in [5.41, 5.74) is 2.95. The van der Waals surface area contributed by atoms with E-state index in [0.717, 1.165) is 5.56 Å². The molecule has 0 heterocycles. The molecule has 2 amide bonds. The molecule has 0 aliphatic rings. The van der Waals surface area contributed by atoms with Crippen LogP contribution in [-0.4, -0.2) is 17.9 Å². The number of amides is 2. The molecule has 5 heteroatoms. The van der Waals surface area contributed by atoms with Gasteiger partial charge < -0.3 is 15.4 Å². The van der Waals surface area contributed by atoms with Gasteiger partial charge in [0.2, 0.25) is 0 Å². The Bertz CT molecular complexity index is 969. The second-order valence-electron chi connectivity index (χ2n) is 6.72. The highest BCUT2D eigenvalue weighted by atomic mass is 16.5. The Morgan fingerprint density at radius 1 is 0.862 bits per heavy atom. The van der Waals surface area contributed by atoms with Gasteiger partial charge in [-0.3, -0.25) is 9.59 Å². The zero-order valence-corrected chi connectivity index (χ0v) is 16.5. The quantitative estimate of drug-likeness (QED) is 0.596. The average Bonchev–Trinajstić information content (AvgIpc) is 2.74. The maximum Gasteiger partial charge on any atom is 0.265 e. The van der Waals surface area contributed by atoms with E-state index in [1.807, 2.05) is 56.3 Å². The zero-order valence-electron chi connectivity index (χ0n) is 16.5. The number of nitrogens with one attached hydrogen (secondary N) is 2. The summed E-state index contributed by atoms with van der Waals surface area (Å²) in [7, 11) is 0. The lowest BCUT2D eigenvalue weighted by atomic mass is 10.2. The van der Waals surface area contributed by atoms with Crippen LogP contribution in [0.5, 0.6) is 5.75 Å². The van der Waals surface area contributed by atoms with E-state index in [0.29, 0.717) is 29.1 Å². The SMILES string of the molecule is CCC(Oc1cccc(C)c1)C(=O)Nc1ccc(NC(=O)c2ccccc2)cc1. The second-order valence-corrected chi connectivity index (χ2v) is 6.72. The van der Waals surface area contributed by atoms with Crippen LogP contribution in [0.3, 0.4) is 0 Å². The van der Waals surface area contributed by atoms with Gasteiger partial charge >= 0.3 is 0 Å².